The van der Waals surface area contributed by atoms with Crippen LogP contribution in [0.4, 0.5) is 0 Å². The maximum Gasteiger partial charge on any atom is 0.0409 e. The second-order valence-corrected chi connectivity index (χ2v) is 5.17. The molecule has 1 unspecified atom stereocenters. The van der Waals surface area contributed by atoms with E-state index in [1.54, 1.807) is 0 Å². The zero-order valence-electron chi connectivity index (χ0n) is 10.3. The van der Waals surface area contributed by atoms with Crippen molar-refractivity contribution in [1.29, 1.82) is 0 Å². The van der Waals surface area contributed by atoms with Crippen LogP contribution in [0.2, 0.25) is 5.02 Å². The van der Waals surface area contributed by atoms with Crippen LogP contribution in [0.1, 0.15) is 51.5 Å². The largest absolute Gasteiger partial charge is 0.322 e. The van der Waals surface area contributed by atoms with Crippen molar-refractivity contribution < 1.29 is 0 Å². The molecule has 0 aliphatic rings. The summed E-state index contributed by atoms with van der Waals surface area (Å²) in [7, 11) is 0. The molecule has 0 fully saturated rings. The fraction of sp³-hybridized carbons (Fsp3) is 0.571. The highest BCUT2D eigenvalue weighted by molar-refractivity contribution is 6.30. The van der Waals surface area contributed by atoms with Gasteiger partial charge in [-0.25, -0.2) is 0 Å². The van der Waals surface area contributed by atoms with E-state index in [1.807, 2.05) is 18.2 Å². The minimum atomic E-state index is -0.251. The number of rotatable bonds is 6. The molecule has 0 saturated carbocycles. The molecule has 2 heteroatoms. The Bertz CT molecular complexity index is 320. The maximum atomic E-state index is 6.33. The lowest BCUT2D eigenvalue weighted by atomic mass is 9.87. The predicted molar refractivity (Wildman–Crippen MR) is 71.8 cm³/mol. The van der Waals surface area contributed by atoms with Crippen molar-refractivity contribution in [3.63, 3.8) is 0 Å². The van der Waals surface area contributed by atoms with E-state index in [1.165, 1.54) is 25.7 Å². The first-order chi connectivity index (χ1) is 7.56. The second kappa shape index (κ2) is 6.27. The van der Waals surface area contributed by atoms with Gasteiger partial charge in [-0.15, -0.1) is 0 Å². The molecule has 1 atom stereocenters. The van der Waals surface area contributed by atoms with E-state index >= 15 is 0 Å². The van der Waals surface area contributed by atoms with Gasteiger partial charge in [0.05, 0.1) is 0 Å². The van der Waals surface area contributed by atoms with Gasteiger partial charge in [-0.1, -0.05) is 56.3 Å². The summed E-state index contributed by atoms with van der Waals surface area (Å²) in [5.74, 6) is 0. The molecule has 0 spiro atoms. The first-order valence-electron chi connectivity index (χ1n) is 6.11. The van der Waals surface area contributed by atoms with Crippen molar-refractivity contribution in [2.75, 3.05) is 0 Å². The van der Waals surface area contributed by atoms with Gasteiger partial charge < -0.3 is 5.73 Å². The molecule has 90 valence electrons. The number of halogens is 1. The lowest BCUT2D eigenvalue weighted by molar-refractivity contribution is 0.424. The summed E-state index contributed by atoms with van der Waals surface area (Å²) in [5, 5.41) is 0.766. The van der Waals surface area contributed by atoms with E-state index in [-0.39, 0.29) is 5.54 Å². The highest BCUT2D eigenvalue weighted by Gasteiger charge is 2.20. The summed E-state index contributed by atoms with van der Waals surface area (Å²) in [6, 6.07) is 7.89. The summed E-state index contributed by atoms with van der Waals surface area (Å²) < 4.78 is 0. The summed E-state index contributed by atoms with van der Waals surface area (Å²) in [6.07, 6.45) is 6.04. The topological polar surface area (TPSA) is 26.0 Å². The van der Waals surface area contributed by atoms with Crippen LogP contribution in [0, 0.1) is 0 Å². The third-order valence-corrected chi connectivity index (χ3v) is 3.27. The molecular formula is C14H22ClN. The number of benzene rings is 1. The van der Waals surface area contributed by atoms with Gasteiger partial charge in [-0.05, 0) is 31.0 Å². The fourth-order valence-electron chi connectivity index (χ4n) is 1.91. The molecule has 0 aliphatic heterocycles. The molecule has 2 N–H and O–H groups in total. The Morgan fingerprint density at radius 3 is 2.62 bits per heavy atom. The van der Waals surface area contributed by atoms with Gasteiger partial charge in [0.15, 0.2) is 0 Å². The predicted octanol–water partition coefficient (Wildman–Crippen LogP) is 4.48. The lowest BCUT2D eigenvalue weighted by Gasteiger charge is -2.25. The minimum absolute atomic E-state index is 0.251. The Balaban J connectivity index is 2.55. The molecule has 0 aliphatic carbocycles. The molecule has 0 heterocycles. The molecule has 0 bridgehead atoms. The van der Waals surface area contributed by atoms with E-state index in [4.69, 9.17) is 17.3 Å². The molecular weight excluding hydrogens is 218 g/mol. The van der Waals surface area contributed by atoms with E-state index in [0.29, 0.717) is 0 Å². The number of unbranched alkanes of at least 4 members (excludes halogenated alkanes) is 3. The Morgan fingerprint density at radius 2 is 2.00 bits per heavy atom. The van der Waals surface area contributed by atoms with Crippen molar-refractivity contribution in [3.05, 3.63) is 34.9 Å². The summed E-state index contributed by atoms with van der Waals surface area (Å²) >= 11 is 5.98. The summed E-state index contributed by atoms with van der Waals surface area (Å²) in [4.78, 5) is 0. The molecule has 0 aromatic heterocycles. The molecule has 1 aromatic carbocycles. The van der Waals surface area contributed by atoms with E-state index in [9.17, 15) is 0 Å². The highest BCUT2D eigenvalue weighted by Crippen LogP contribution is 2.26. The molecule has 16 heavy (non-hydrogen) atoms. The SMILES string of the molecule is CCCCCCC(C)(N)c1cccc(Cl)c1. The van der Waals surface area contributed by atoms with Crippen molar-refractivity contribution in [1.82, 2.24) is 0 Å². The molecule has 1 rings (SSSR count). The first-order valence-corrected chi connectivity index (χ1v) is 6.49. The molecule has 0 radical (unpaired) electrons. The maximum absolute atomic E-state index is 6.33. The molecule has 0 amide bonds. The highest BCUT2D eigenvalue weighted by atomic mass is 35.5. The van der Waals surface area contributed by atoms with Gasteiger partial charge in [-0.3, -0.25) is 0 Å². The van der Waals surface area contributed by atoms with Gasteiger partial charge >= 0.3 is 0 Å². The molecule has 1 nitrogen and oxygen atoms in total. The lowest BCUT2D eigenvalue weighted by Crippen LogP contribution is -2.32. The van der Waals surface area contributed by atoms with Crippen LogP contribution in [0.15, 0.2) is 24.3 Å². The van der Waals surface area contributed by atoms with Crippen molar-refractivity contribution >= 4 is 11.6 Å². The smallest absolute Gasteiger partial charge is 0.0409 e. The molecule has 0 saturated heterocycles. The van der Waals surface area contributed by atoms with E-state index < -0.39 is 0 Å². The minimum Gasteiger partial charge on any atom is -0.322 e. The van der Waals surface area contributed by atoms with E-state index in [0.717, 1.165) is 17.0 Å². The van der Waals surface area contributed by atoms with Gasteiger partial charge in [0, 0.05) is 10.6 Å². The van der Waals surface area contributed by atoms with Crippen LogP contribution in [0.5, 0.6) is 0 Å². The second-order valence-electron chi connectivity index (χ2n) is 4.74. The van der Waals surface area contributed by atoms with Crippen molar-refractivity contribution in [2.24, 2.45) is 5.73 Å². The van der Waals surface area contributed by atoms with Gasteiger partial charge in [-0.2, -0.15) is 0 Å². The van der Waals surface area contributed by atoms with Crippen molar-refractivity contribution in [3.8, 4) is 0 Å². The summed E-state index contributed by atoms with van der Waals surface area (Å²) in [5.41, 5.74) is 7.21. The standard InChI is InChI=1S/C14H22ClN/c1-3-4-5-6-10-14(2,16)12-8-7-9-13(15)11-12/h7-9,11H,3-6,10,16H2,1-2H3. The third kappa shape index (κ3) is 4.15. The number of hydrogen-bond donors (Lipinski definition) is 1. The van der Waals surface area contributed by atoms with Crippen LogP contribution in [0.3, 0.4) is 0 Å². The third-order valence-electron chi connectivity index (χ3n) is 3.03. The van der Waals surface area contributed by atoms with E-state index in [2.05, 4.69) is 19.9 Å². The number of nitrogens with two attached hydrogens (primary N) is 1. The zero-order chi connectivity index (χ0) is 12.0. The Labute approximate surface area is 104 Å². The quantitative estimate of drug-likeness (QED) is 0.728. The van der Waals surface area contributed by atoms with Crippen LogP contribution in [0.25, 0.3) is 0 Å². The summed E-state index contributed by atoms with van der Waals surface area (Å²) in [6.45, 7) is 4.31. The van der Waals surface area contributed by atoms with Crippen LogP contribution >= 0.6 is 11.6 Å². The Kier molecular flexibility index (Phi) is 5.30. The normalized spacial score (nSPS) is 14.8. The van der Waals surface area contributed by atoms with Gasteiger partial charge in [0.1, 0.15) is 0 Å². The molecule has 1 aromatic rings. The first kappa shape index (κ1) is 13.5. The van der Waals surface area contributed by atoms with Crippen LogP contribution in [-0.2, 0) is 5.54 Å². The Morgan fingerprint density at radius 1 is 1.25 bits per heavy atom. The zero-order valence-corrected chi connectivity index (χ0v) is 11.1. The average molecular weight is 240 g/mol. The Hall–Kier alpha value is -0.530. The van der Waals surface area contributed by atoms with Crippen LogP contribution < -0.4 is 5.73 Å². The fourth-order valence-corrected chi connectivity index (χ4v) is 2.10. The van der Waals surface area contributed by atoms with Crippen LogP contribution in [-0.4, -0.2) is 0 Å². The van der Waals surface area contributed by atoms with Gasteiger partial charge in [0.2, 0.25) is 0 Å². The monoisotopic (exact) mass is 239 g/mol. The van der Waals surface area contributed by atoms with Gasteiger partial charge in [0.25, 0.3) is 0 Å². The average Bonchev–Trinajstić information content (AvgIpc) is 2.24. The van der Waals surface area contributed by atoms with Crippen molar-refractivity contribution in [2.45, 2.75) is 51.5 Å². The number of hydrogen-bond acceptors (Lipinski definition) is 1.